The molecule has 0 aromatic carbocycles. The summed E-state index contributed by atoms with van der Waals surface area (Å²) in [7, 11) is 3.55. The quantitative estimate of drug-likeness (QED) is 0.858. The zero-order valence-corrected chi connectivity index (χ0v) is 12.5. The molecule has 1 aromatic rings. The molecule has 106 valence electrons. The molecule has 6 heteroatoms. The van der Waals surface area contributed by atoms with Crippen molar-refractivity contribution >= 4 is 22.4 Å². The van der Waals surface area contributed by atoms with Crippen LogP contribution in [0.15, 0.2) is 0 Å². The number of aryl methyl sites for hydroxylation is 1. The van der Waals surface area contributed by atoms with Crippen molar-refractivity contribution in [3.8, 4) is 0 Å². The van der Waals surface area contributed by atoms with Gasteiger partial charge in [-0.1, -0.05) is 6.42 Å². The summed E-state index contributed by atoms with van der Waals surface area (Å²) in [6, 6.07) is 0.555. The van der Waals surface area contributed by atoms with E-state index < -0.39 is 0 Å². The Morgan fingerprint density at radius 3 is 3.05 bits per heavy atom. The Kier molecular flexibility index (Phi) is 4.76. The van der Waals surface area contributed by atoms with Crippen molar-refractivity contribution in [1.29, 1.82) is 0 Å². The maximum atomic E-state index is 11.5. The SMILES string of the molecule is COC(=O)c1nc(NCC2CCCCN2C)sc1C. The number of likely N-dealkylation sites (tertiary alicyclic amines) is 1. The van der Waals surface area contributed by atoms with Gasteiger partial charge in [0.2, 0.25) is 0 Å². The maximum Gasteiger partial charge on any atom is 0.357 e. The highest BCUT2D eigenvalue weighted by Crippen LogP contribution is 2.23. The Morgan fingerprint density at radius 1 is 1.58 bits per heavy atom. The Labute approximate surface area is 118 Å². The predicted octanol–water partition coefficient (Wildman–Crippen LogP) is 2.13. The van der Waals surface area contributed by atoms with E-state index in [1.165, 1.54) is 37.7 Å². The number of likely N-dealkylation sites (N-methyl/N-ethyl adjacent to an activating group) is 1. The number of thiazole rings is 1. The standard InChI is InChI=1S/C13H21N3O2S/c1-9-11(12(17)18-3)15-13(19-9)14-8-10-6-4-5-7-16(10)2/h10H,4-8H2,1-3H3,(H,14,15). The lowest BCUT2D eigenvalue weighted by Gasteiger charge is -2.32. The molecule has 0 bridgehead atoms. The predicted molar refractivity (Wildman–Crippen MR) is 76.9 cm³/mol. The molecule has 0 aliphatic carbocycles. The van der Waals surface area contributed by atoms with Crippen molar-refractivity contribution in [2.45, 2.75) is 32.2 Å². The summed E-state index contributed by atoms with van der Waals surface area (Å²) in [6.45, 7) is 3.93. The number of methoxy groups -OCH3 is 1. The molecule has 1 saturated heterocycles. The number of piperidine rings is 1. The van der Waals surface area contributed by atoms with Gasteiger partial charge >= 0.3 is 5.97 Å². The molecule has 5 nitrogen and oxygen atoms in total. The number of carbonyl (C=O) groups is 1. The van der Waals surface area contributed by atoms with Crippen LogP contribution in [0, 0.1) is 6.92 Å². The van der Waals surface area contributed by atoms with Gasteiger partial charge in [0.05, 0.1) is 7.11 Å². The second-order valence-corrected chi connectivity index (χ2v) is 6.13. The fourth-order valence-electron chi connectivity index (χ4n) is 2.37. The van der Waals surface area contributed by atoms with Crippen LogP contribution in [0.25, 0.3) is 0 Å². The highest BCUT2D eigenvalue weighted by atomic mass is 32.1. The van der Waals surface area contributed by atoms with Crippen LogP contribution in [0.4, 0.5) is 5.13 Å². The molecule has 0 spiro atoms. The van der Waals surface area contributed by atoms with Gasteiger partial charge in [-0.3, -0.25) is 0 Å². The van der Waals surface area contributed by atoms with E-state index in [0.29, 0.717) is 11.7 Å². The van der Waals surface area contributed by atoms with E-state index in [9.17, 15) is 4.79 Å². The van der Waals surface area contributed by atoms with Gasteiger partial charge < -0.3 is 15.0 Å². The number of ether oxygens (including phenoxy) is 1. The third-order valence-corrected chi connectivity index (χ3v) is 4.51. The van der Waals surface area contributed by atoms with Gasteiger partial charge in [-0.2, -0.15) is 0 Å². The molecule has 19 heavy (non-hydrogen) atoms. The van der Waals surface area contributed by atoms with E-state index in [1.54, 1.807) is 0 Å². The minimum absolute atomic E-state index is 0.364. The van der Waals surface area contributed by atoms with E-state index in [1.807, 2.05) is 6.92 Å². The number of anilines is 1. The summed E-state index contributed by atoms with van der Waals surface area (Å²) in [5.41, 5.74) is 0.423. The van der Waals surface area contributed by atoms with E-state index in [2.05, 4.69) is 22.2 Å². The van der Waals surface area contributed by atoms with Gasteiger partial charge in [0.1, 0.15) is 0 Å². The number of esters is 1. The van der Waals surface area contributed by atoms with Crippen LogP contribution < -0.4 is 5.32 Å². The van der Waals surface area contributed by atoms with E-state index in [-0.39, 0.29) is 5.97 Å². The number of hydrogen-bond acceptors (Lipinski definition) is 6. The second kappa shape index (κ2) is 6.34. The zero-order chi connectivity index (χ0) is 13.8. The number of carbonyl (C=O) groups excluding carboxylic acids is 1. The maximum absolute atomic E-state index is 11.5. The molecule has 1 N–H and O–H groups in total. The van der Waals surface area contributed by atoms with Crippen LogP contribution in [-0.2, 0) is 4.74 Å². The molecular formula is C13H21N3O2S. The average Bonchev–Trinajstić information content (AvgIpc) is 2.78. The van der Waals surface area contributed by atoms with E-state index >= 15 is 0 Å². The smallest absolute Gasteiger partial charge is 0.357 e. The highest BCUT2D eigenvalue weighted by Gasteiger charge is 2.20. The van der Waals surface area contributed by atoms with Crippen molar-refractivity contribution in [2.24, 2.45) is 0 Å². The van der Waals surface area contributed by atoms with Crippen LogP contribution in [0.2, 0.25) is 0 Å². The number of aromatic nitrogens is 1. The topological polar surface area (TPSA) is 54.5 Å². The molecular weight excluding hydrogens is 262 g/mol. The molecule has 0 amide bonds. The van der Waals surface area contributed by atoms with Gasteiger partial charge in [-0.25, -0.2) is 9.78 Å². The molecule has 1 fully saturated rings. The fraction of sp³-hybridized carbons (Fsp3) is 0.692. The van der Waals surface area contributed by atoms with Crippen molar-refractivity contribution in [1.82, 2.24) is 9.88 Å². The molecule has 1 aromatic heterocycles. The van der Waals surface area contributed by atoms with Gasteiger partial charge in [-0.05, 0) is 33.4 Å². The Balaban J connectivity index is 1.94. The monoisotopic (exact) mass is 283 g/mol. The molecule has 2 rings (SSSR count). The zero-order valence-electron chi connectivity index (χ0n) is 11.7. The van der Waals surface area contributed by atoms with E-state index in [0.717, 1.165) is 23.1 Å². The summed E-state index contributed by atoms with van der Waals surface area (Å²) in [5, 5.41) is 4.15. The van der Waals surface area contributed by atoms with Crippen molar-refractivity contribution < 1.29 is 9.53 Å². The van der Waals surface area contributed by atoms with Crippen LogP contribution in [-0.4, -0.2) is 49.1 Å². The lowest BCUT2D eigenvalue weighted by Crippen LogP contribution is -2.40. The molecule has 1 unspecified atom stereocenters. The first-order chi connectivity index (χ1) is 9.11. The molecule has 1 atom stereocenters. The van der Waals surface area contributed by atoms with Gasteiger partial charge in [0.25, 0.3) is 0 Å². The third-order valence-electron chi connectivity index (χ3n) is 3.59. The van der Waals surface area contributed by atoms with Gasteiger partial charge in [0, 0.05) is 17.5 Å². The summed E-state index contributed by atoms with van der Waals surface area (Å²) in [5.74, 6) is -0.364. The lowest BCUT2D eigenvalue weighted by atomic mass is 10.0. The minimum Gasteiger partial charge on any atom is -0.464 e. The van der Waals surface area contributed by atoms with E-state index in [4.69, 9.17) is 4.74 Å². The Hall–Kier alpha value is -1.14. The summed E-state index contributed by atoms with van der Waals surface area (Å²) < 4.78 is 4.71. The Morgan fingerprint density at radius 2 is 2.37 bits per heavy atom. The Bertz CT molecular complexity index is 447. The van der Waals surface area contributed by atoms with Gasteiger partial charge in [-0.15, -0.1) is 11.3 Å². The van der Waals surface area contributed by atoms with Crippen LogP contribution >= 0.6 is 11.3 Å². The van der Waals surface area contributed by atoms with Crippen LogP contribution in [0.1, 0.15) is 34.6 Å². The van der Waals surface area contributed by atoms with Crippen molar-refractivity contribution in [3.63, 3.8) is 0 Å². The molecule has 1 aliphatic heterocycles. The first-order valence-electron chi connectivity index (χ1n) is 6.61. The number of nitrogens with one attached hydrogen (secondary N) is 1. The normalized spacial score (nSPS) is 20.3. The average molecular weight is 283 g/mol. The molecule has 0 radical (unpaired) electrons. The molecule has 1 aliphatic rings. The summed E-state index contributed by atoms with van der Waals surface area (Å²) in [6.07, 6.45) is 3.80. The van der Waals surface area contributed by atoms with Gasteiger partial charge in [0.15, 0.2) is 10.8 Å². The molecule has 2 heterocycles. The highest BCUT2D eigenvalue weighted by molar-refractivity contribution is 7.15. The van der Waals surface area contributed by atoms with Crippen molar-refractivity contribution in [2.75, 3.05) is 32.6 Å². The fourth-order valence-corrected chi connectivity index (χ4v) is 3.17. The van der Waals surface area contributed by atoms with Crippen molar-refractivity contribution in [3.05, 3.63) is 10.6 Å². The first kappa shape index (κ1) is 14.3. The van der Waals surface area contributed by atoms with Crippen LogP contribution in [0.3, 0.4) is 0 Å². The number of hydrogen-bond donors (Lipinski definition) is 1. The molecule has 0 saturated carbocycles. The lowest BCUT2D eigenvalue weighted by molar-refractivity contribution is 0.0594. The summed E-state index contributed by atoms with van der Waals surface area (Å²) >= 11 is 1.51. The first-order valence-corrected chi connectivity index (χ1v) is 7.43. The second-order valence-electron chi connectivity index (χ2n) is 4.93. The third kappa shape index (κ3) is 3.45. The number of rotatable bonds is 4. The minimum atomic E-state index is -0.364. The summed E-state index contributed by atoms with van der Waals surface area (Å²) in [4.78, 5) is 19.1. The number of nitrogens with zero attached hydrogens (tertiary/aromatic N) is 2. The largest absolute Gasteiger partial charge is 0.464 e. The van der Waals surface area contributed by atoms with Crippen LogP contribution in [0.5, 0.6) is 0 Å².